The van der Waals surface area contributed by atoms with Crippen LogP contribution in [0.3, 0.4) is 0 Å². The number of hydrogen-bond donors (Lipinski definition) is 1. The second-order valence-corrected chi connectivity index (χ2v) is 18.9. The summed E-state index contributed by atoms with van der Waals surface area (Å²) in [7, 11) is -3.19. The summed E-state index contributed by atoms with van der Waals surface area (Å²) in [5.41, 5.74) is 0. The van der Waals surface area contributed by atoms with Gasteiger partial charge in [-0.05, 0) is 12.8 Å². The van der Waals surface area contributed by atoms with Crippen molar-refractivity contribution < 1.29 is 37.6 Å². The Morgan fingerprint density at radius 1 is 0.414 bits per heavy atom. The highest BCUT2D eigenvalue weighted by atomic mass is 31.2. The maximum atomic E-state index is 12.6. The number of unbranched alkanes of at least 4 members (excludes halogenated alkanes) is 37. The van der Waals surface area contributed by atoms with Gasteiger partial charge in [0.05, 0.1) is 6.61 Å². The SMILES string of the molecule is CCCCCCCCCCCCCCCCCCCCCCCCCC(=O)OC(COC(=O)CCCCCCCCCCCCCCCCCC)COP(=O)(O)OC. The van der Waals surface area contributed by atoms with E-state index in [0.717, 1.165) is 45.6 Å². The molecule has 0 saturated heterocycles. The normalized spacial score (nSPS) is 13.1. The molecular weight excluding hydrogens is 748 g/mol. The summed E-state index contributed by atoms with van der Waals surface area (Å²) in [6, 6.07) is 0. The quantitative estimate of drug-likeness (QED) is 0.0366. The van der Waals surface area contributed by atoms with E-state index in [2.05, 4.69) is 18.4 Å². The molecule has 0 spiro atoms. The molecule has 9 heteroatoms. The Hall–Kier alpha value is -0.950. The number of carbonyl (C=O) groups excluding carboxylic acids is 2. The Morgan fingerprint density at radius 3 is 0.948 bits per heavy atom. The summed E-state index contributed by atoms with van der Waals surface area (Å²) in [5, 5.41) is 0. The summed E-state index contributed by atoms with van der Waals surface area (Å²) >= 11 is 0. The molecule has 0 aromatic rings. The van der Waals surface area contributed by atoms with Gasteiger partial charge in [0.1, 0.15) is 6.61 Å². The van der Waals surface area contributed by atoms with Gasteiger partial charge >= 0.3 is 19.8 Å². The molecule has 0 fully saturated rings. The minimum absolute atomic E-state index is 0.216. The average molecular weight is 845 g/mol. The van der Waals surface area contributed by atoms with Crippen LogP contribution in [0.4, 0.5) is 0 Å². The van der Waals surface area contributed by atoms with E-state index in [0.29, 0.717) is 6.42 Å². The Bertz CT molecular complexity index is 915. The molecular formula is C49H97O8P. The maximum absolute atomic E-state index is 12.6. The third kappa shape index (κ3) is 44.6. The summed E-state index contributed by atoms with van der Waals surface area (Å²) in [5.74, 6) is -0.781. The van der Waals surface area contributed by atoms with Crippen molar-refractivity contribution in [1.82, 2.24) is 0 Å². The zero-order valence-corrected chi connectivity index (χ0v) is 39.6. The summed E-state index contributed by atoms with van der Waals surface area (Å²) in [4.78, 5) is 34.6. The molecule has 58 heavy (non-hydrogen) atoms. The predicted octanol–water partition coefficient (Wildman–Crippen LogP) is 16.2. The minimum Gasteiger partial charge on any atom is -0.462 e. The van der Waals surface area contributed by atoms with Gasteiger partial charge in [0, 0.05) is 20.0 Å². The molecule has 0 aliphatic carbocycles. The van der Waals surface area contributed by atoms with Crippen LogP contribution in [0.25, 0.3) is 0 Å². The van der Waals surface area contributed by atoms with Crippen LogP contribution in [0.15, 0.2) is 0 Å². The van der Waals surface area contributed by atoms with E-state index in [4.69, 9.17) is 14.0 Å². The highest BCUT2D eigenvalue weighted by Crippen LogP contribution is 2.42. The largest absolute Gasteiger partial charge is 0.472 e. The second-order valence-electron chi connectivity index (χ2n) is 17.3. The van der Waals surface area contributed by atoms with Crippen molar-refractivity contribution in [3.05, 3.63) is 0 Å². The number of hydrogen-bond acceptors (Lipinski definition) is 7. The number of phosphoric acid groups is 1. The highest BCUT2D eigenvalue weighted by Gasteiger charge is 2.24. The Labute approximate surface area is 359 Å². The molecule has 0 aliphatic rings. The third-order valence-corrected chi connectivity index (χ3v) is 12.5. The van der Waals surface area contributed by atoms with Gasteiger partial charge < -0.3 is 14.4 Å². The number of esters is 2. The van der Waals surface area contributed by atoms with Crippen molar-refractivity contribution in [2.75, 3.05) is 20.3 Å². The standard InChI is InChI=1S/C49H97O8P/c1-4-6-8-10-12-14-16-18-20-22-23-24-25-26-27-28-30-32-34-36-38-40-42-44-49(51)57-47(46-56-58(52,53)54-3)45-55-48(50)43-41-39-37-35-33-31-29-21-19-17-15-13-11-9-7-5-2/h47H,4-46H2,1-3H3,(H,52,53). The van der Waals surface area contributed by atoms with E-state index in [9.17, 15) is 19.0 Å². The fraction of sp³-hybridized carbons (Fsp3) is 0.959. The molecule has 0 rings (SSSR count). The molecule has 0 heterocycles. The van der Waals surface area contributed by atoms with Crippen LogP contribution in [0.2, 0.25) is 0 Å². The lowest BCUT2D eigenvalue weighted by Crippen LogP contribution is -2.29. The molecule has 0 saturated carbocycles. The predicted molar refractivity (Wildman–Crippen MR) is 244 cm³/mol. The van der Waals surface area contributed by atoms with Crippen molar-refractivity contribution in [2.45, 2.75) is 283 Å². The van der Waals surface area contributed by atoms with Gasteiger partial charge in [0.2, 0.25) is 0 Å². The zero-order chi connectivity index (χ0) is 42.5. The zero-order valence-electron chi connectivity index (χ0n) is 38.7. The number of phosphoric ester groups is 1. The van der Waals surface area contributed by atoms with E-state index in [1.54, 1.807) is 0 Å². The molecule has 2 unspecified atom stereocenters. The summed E-state index contributed by atoms with van der Waals surface area (Å²) in [6.07, 6.45) is 50.3. The van der Waals surface area contributed by atoms with Crippen LogP contribution in [-0.2, 0) is 32.7 Å². The fourth-order valence-corrected chi connectivity index (χ4v) is 8.18. The van der Waals surface area contributed by atoms with E-state index in [1.165, 1.54) is 212 Å². The molecule has 0 aliphatic heterocycles. The Balaban J connectivity index is 3.83. The average Bonchev–Trinajstić information content (AvgIpc) is 3.21. The van der Waals surface area contributed by atoms with Crippen LogP contribution < -0.4 is 0 Å². The lowest BCUT2D eigenvalue weighted by Gasteiger charge is -2.19. The van der Waals surface area contributed by atoms with Crippen molar-refractivity contribution in [2.24, 2.45) is 0 Å². The molecule has 0 bridgehead atoms. The number of carbonyl (C=O) groups is 2. The summed E-state index contributed by atoms with van der Waals surface area (Å²) in [6.45, 7) is 3.95. The van der Waals surface area contributed by atoms with Crippen molar-refractivity contribution in [3.63, 3.8) is 0 Å². The van der Waals surface area contributed by atoms with Crippen LogP contribution in [0.5, 0.6) is 0 Å². The molecule has 0 aromatic carbocycles. The number of rotatable bonds is 48. The molecule has 0 amide bonds. The maximum Gasteiger partial charge on any atom is 0.472 e. The van der Waals surface area contributed by atoms with Crippen molar-refractivity contribution >= 4 is 19.8 Å². The van der Waals surface area contributed by atoms with Gasteiger partial charge in [-0.3, -0.25) is 18.6 Å². The van der Waals surface area contributed by atoms with Gasteiger partial charge in [0.15, 0.2) is 6.10 Å². The van der Waals surface area contributed by atoms with Gasteiger partial charge in [0.25, 0.3) is 0 Å². The third-order valence-electron chi connectivity index (χ3n) is 11.6. The first-order valence-electron chi connectivity index (χ1n) is 25.2. The van der Waals surface area contributed by atoms with Crippen LogP contribution in [0.1, 0.15) is 277 Å². The molecule has 346 valence electrons. The first-order chi connectivity index (χ1) is 28.3. The lowest BCUT2D eigenvalue weighted by molar-refractivity contribution is -0.161. The number of ether oxygens (including phenoxy) is 2. The molecule has 8 nitrogen and oxygen atoms in total. The Kier molecular flexibility index (Phi) is 44.8. The fourth-order valence-electron chi connectivity index (χ4n) is 7.72. The second kappa shape index (κ2) is 45.6. The molecule has 0 radical (unpaired) electrons. The van der Waals surface area contributed by atoms with E-state index in [1.807, 2.05) is 0 Å². The monoisotopic (exact) mass is 845 g/mol. The molecule has 1 N–H and O–H groups in total. The lowest BCUT2D eigenvalue weighted by atomic mass is 10.0. The first-order valence-corrected chi connectivity index (χ1v) is 26.7. The van der Waals surface area contributed by atoms with Crippen LogP contribution in [-0.4, -0.2) is 43.3 Å². The highest BCUT2D eigenvalue weighted by molar-refractivity contribution is 7.47. The van der Waals surface area contributed by atoms with Crippen molar-refractivity contribution in [1.29, 1.82) is 0 Å². The van der Waals surface area contributed by atoms with Gasteiger partial charge in [-0.2, -0.15) is 0 Å². The van der Waals surface area contributed by atoms with E-state index < -0.39 is 19.9 Å². The van der Waals surface area contributed by atoms with Crippen LogP contribution in [0, 0.1) is 0 Å². The Morgan fingerprint density at radius 2 is 0.672 bits per heavy atom. The molecule has 0 aromatic heterocycles. The van der Waals surface area contributed by atoms with Gasteiger partial charge in [-0.15, -0.1) is 0 Å². The van der Waals surface area contributed by atoms with E-state index >= 15 is 0 Å². The van der Waals surface area contributed by atoms with Gasteiger partial charge in [-0.1, -0.05) is 251 Å². The van der Waals surface area contributed by atoms with Gasteiger partial charge in [-0.25, -0.2) is 4.57 Å². The minimum atomic E-state index is -4.26. The van der Waals surface area contributed by atoms with E-state index in [-0.39, 0.29) is 25.6 Å². The van der Waals surface area contributed by atoms with Crippen molar-refractivity contribution in [3.8, 4) is 0 Å². The first kappa shape index (κ1) is 57.1. The molecule has 2 atom stereocenters. The van der Waals surface area contributed by atoms with Crippen LogP contribution >= 0.6 is 7.82 Å². The topological polar surface area (TPSA) is 108 Å². The smallest absolute Gasteiger partial charge is 0.462 e. The summed E-state index contributed by atoms with van der Waals surface area (Å²) < 4.78 is 32.1.